The highest BCUT2D eigenvalue weighted by molar-refractivity contribution is 7.89. The number of aromatic nitrogens is 1. The minimum Gasteiger partial charge on any atom is -0.381 e. The number of unbranched alkanes of at least 4 members (excludes halogenated alkanes) is 10. The lowest BCUT2D eigenvalue weighted by Gasteiger charge is -2.44. The number of ether oxygens (including phenoxy) is 1. The van der Waals surface area contributed by atoms with Gasteiger partial charge in [-0.15, -0.1) is 4.48 Å². The van der Waals surface area contributed by atoms with Gasteiger partial charge in [-0.2, -0.15) is 5.96 Å². The second kappa shape index (κ2) is 43.3. The Kier molecular flexibility index (Phi) is 37.9. The Morgan fingerprint density at radius 2 is 0.938 bits per heavy atom. The summed E-state index contributed by atoms with van der Waals surface area (Å²) >= 11 is 12.8. The van der Waals surface area contributed by atoms with Crippen molar-refractivity contribution in [3.8, 4) is 0 Å². The normalized spacial score (nSPS) is 18.3. The van der Waals surface area contributed by atoms with Crippen LogP contribution in [-0.4, -0.2) is 66.4 Å². The van der Waals surface area contributed by atoms with Crippen molar-refractivity contribution in [2.24, 2.45) is 17.8 Å². The molecule has 3 fully saturated rings. The maximum Gasteiger partial charge on any atom is 0.240 e. The van der Waals surface area contributed by atoms with E-state index in [9.17, 15) is 35.2 Å². The fourth-order valence-corrected chi connectivity index (χ4v) is 23.9. The zero-order valence-corrected chi connectivity index (χ0v) is 64.3. The van der Waals surface area contributed by atoms with Crippen LogP contribution in [0, 0.1) is 23.5 Å². The van der Waals surface area contributed by atoms with E-state index in [0.717, 1.165) is 46.4 Å². The lowest BCUT2D eigenvalue weighted by Crippen LogP contribution is -2.51. The minimum absolute atomic E-state index is 0.0499. The van der Waals surface area contributed by atoms with Crippen LogP contribution in [0.3, 0.4) is 0 Å². The highest BCUT2D eigenvalue weighted by atomic mass is 35.5. The number of nitrogens with zero attached hydrogens (tertiary/aromatic N) is 1. The van der Waals surface area contributed by atoms with Gasteiger partial charge >= 0.3 is 0 Å². The number of amides is 2. The molecule has 13 nitrogen and oxygen atoms in total. The molecule has 1 aromatic heterocycles. The molecule has 2 heterocycles. The third-order valence-electron chi connectivity index (χ3n) is 19.4. The van der Waals surface area contributed by atoms with Crippen molar-refractivity contribution in [1.29, 1.82) is 0 Å². The van der Waals surface area contributed by atoms with Crippen molar-refractivity contribution in [1.82, 2.24) is 24.3 Å². The molecule has 9 rings (SSSR count). The topological polar surface area (TPSA) is 191 Å². The van der Waals surface area contributed by atoms with Gasteiger partial charge in [0.25, 0.3) is 0 Å². The van der Waals surface area contributed by atoms with E-state index in [1.54, 1.807) is 54.6 Å². The molecule has 1 aliphatic heterocycles. The maximum atomic E-state index is 13.6. The Morgan fingerprint density at radius 3 is 1.30 bits per heavy atom. The van der Waals surface area contributed by atoms with Gasteiger partial charge in [-0.3, -0.25) is 9.59 Å². The molecule has 0 radical (unpaired) electrons. The van der Waals surface area contributed by atoms with Crippen LogP contribution >= 0.6 is 23.2 Å². The Hall–Kier alpha value is -4.57. The molecule has 5 aromatic rings. The number of fused-ring (bicyclic) bond motifs is 2. The van der Waals surface area contributed by atoms with Crippen LogP contribution in [0.5, 0.6) is 0 Å². The number of sulfonamides is 2. The first-order valence-electron chi connectivity index (χ1n) is 36.0. The van der Waals surface area contributed by atoms with Gasteiger partial charge in [0.05, 0.1) is 26.9 Å². The second-order valence-electron chi connectivity index (χ2n) is 27.5. The Labute approximate surface area is 592 Å². The lowest BCUT2D eigenvalue weighted by molar-refractivity contribution is -0.127. The highest BCUT2D eigenvalue weighted by Gasteiger charge is 2.46. The number of rotatable bonds is 26. The molecule has 0 spiro atoms. The molecule has 3 aliphatic carbocycles. The number of carbonyl (C=O) groups excluding carboxylic acids is 2. The Morgan fingerprint density at radius 1 is 0.557 bits per heavy atom. The molecule has 6 N–H and O–H groups in total. The van der Waals surface area contributed by atoms with Gasteiger partial charge in [0.1, 0.15) is 11.6 Å². The first-order chi connectivity index (χ1) is 46.2. The number of benzene rings is 4. The zero-order valence-electron chi connectivity index (χ0n) is 60.2. The molecule has 2 atom stereocenters. The summed E-state index contributed by atoms with van der Waals surface area (Å²) in [6.07, 6.45) is 28.8. The van der Waals surface area contributed by atoms with Crippen LogP contribution in [-0.2, 0) is 40.8 Å². The van der Waals surface area contributed by atoms with Gasteiger partial charge in [-0.1, -0.05) is 212 Å². The number of nitrogens with two attached hydrogens (primary N) is 1. The van der Waals surface area contributed by atoms with E-state index in [1.807, 2.05) is 32.2 Å². The average molecular weight is 1450 g/mol. The van der Waals surface area contributed by atoms with Crippen molar-refractivity contribution in [3.05, 3.63) is 136 Å². The van der Waals surface area contributed by atoms with Crippen molar-refractivity contribution in [3.63, 3.8) is 0 Å². The van der Waals surface area contributed by atoms with Gasteiger partial charge < -0.3 is 19.6 Å². The van der Waals surface area contributed by atoms with Gasteiger partial charge in [-0.25, -0.2) is 35.1 Å². The molecule has 2 amide bonds. The number of hydrogen-bond acceptors (Lipinski definition) is 8. The molecule has 0 bridgehead atoms. The zero-order chi connectivity index (χ0) is 71.9. The van der Waals surface area contributed by atoms with Crippen LogP contribution in [0.4, 0.5) is 13.3 Å². The Balaban J connectivity index is 0.000000316. The third kappa shape index (κ3) is 26.1. The summed E-state index contributed by atoms with van der Waals surface area (Å²) in [4.78, 5) is 26.0. The van der Waals surface area contributed by atoms with Crippen LogP contribution in [0.25, 0.3) is 15.9 Å². The summed E-state index contributed by atoms with van der Waals surface area (Å²) in [5.74, 6) is 1.93. The van der Waals surface area contributed by atoms with E-state index >= 15 is 0 Å². The summed E-state index contributed by atoms with van der Waals surface area (Å²) in [7, 11) is -9.59. The second-order valence-corrected chi connectivity index (χ2v) is 37.5. The number of hydrogen-bond donors (Lipinski definition) is 5. The fraction of sp³-hybridized carbons (Fsp3) is 0.605. The molecular weight excluding hydrogens is 1330 g/mol. The summed E-state index contributed by atoms with van der Waals surface area (Å²) < 4.78 is 101. The van der Waals surface area contributed by atoms with Crippen LogP contribution in [0.15, 0.2) is 107 Å². The van der Waals surface area contributed by atoms with E-state index in [1.165, 1.54) is 114 Å². The monoisotopic (exact) mass is 1440 g/mol. The molecule has 97 heavy (non-hydrogen) atoms. The maximum absolute atomic E-state index is 13.6. The molecule has 544 valence electrons. The molecule has 21 heteroatoms. The molecule has 2 saturated carbocycles. The predicted molar refractivity (Wildman–Crippen MR) is 399 cm³/mol. The van der Waals surface area contributed by atoms with Gasteiger partial charge in [-0.05, 0) is 172 Å². The lowest BCUT2D eigenvalue weighted by atomic mass is 9.85. The van der Waals surface area contributed by atoms with Crippen molar-refractivity contribution in [2.45, 2.75) is 281 Å². The third-order valence-corrected chi connectivity index (χ3v) is 29.9. The average Bonchev–Trinajstić information content (AvgIpc) is 1.60. The van der Waals surface area contributed by atoms with Gasteiger partial charge in [0.2, 0.25) is 31.9 Å². The molecular formula is C76H117Cl2F3N6O7S2Si. The van der Waals surface area contributed by atoms with Gasteiger partial charge in [0, 0.05) is 59.3 Å². The summed E-state index contributed by atoms with van der Waals surface area (Å²) in [5, 5.41) is 8.18. The largest absolute Gasteiger partial charge is 0.381 e. The van der Waals surface area contributed by atoms with Crippen molar-refractivity contribution >= 4 is 79.2 Å². The molecule has 0 unspecified atom stereocenters. The van der Waals surface area contributed by atoms with Crippen LogP contribution < -0.4 is 26.0 Å². The van der Waals surface area contributed by atoms with E-state index < -0.39 is 28.3 Å². The van der Waals surface area contributed by atoms with Crippen molar-refractivity contribution in [2.75, 3.05) is 13.2 Å². The quantitative estimate of drug-likeness (QED) is 0.0205. The van der Waals surface area contributed by atoms with Crippen LogP contribution in [0.2, 0.25) is 21.6 Å². The standard InChI is InChI=1S/C32H45ClFN3O3SSi.C24H26ClFN2O3S.2C8H18.C4H8O.FH2N/c1-20(2)42(21(3)4,22(5)6)37-19-30(33)29-17-16-28(18-31(29)37)41(39,40)36-27-14-10-25(11-15-27)32(38)35-23(7)24-8-12-26(34)13-9-24;1-15(16-2-7-19(26)8-3-16)27-24(29)17-4-9-20(10-5-17)28-32(30,31)21-11-12-22-18(14-21)6-13-23(22)25;2*1-3-5-7-8-6-4-2;1-2-4-5-3-1;1-2/h8-9,12-13,16-23,25,27,36H,10-11,14-15H2,1-7H3,(H,35,38);2-3,7-8,11-15,17,20,28H,4-6,9-10H2,1H3,(H,27,29);2*3-8H2,1-2H3;1-4H2;2H2/t23-,25?,27?;15-,17?,20?;;;;/m11..../s1. The molecule has 4 aliphatic rings. The summed E-state index contributed by atoms with van der Waals surface area (Å²) in [6, 6.07) is 21.6. The number of allylic oxidation sites excluding steroid dienone is 1. The van der Waals surface area contributed by atoms with E-state index in [4.69, 9.17) is 32.4 Å². The first kappa shape index (κ1) is 84.8. The summed E-state index contributed by atoms with van der Waals surface area (Å²) in [6.45, 7) is 28.4. The fourth-order valence-electron chi connectivity index (χ4n) is 14.0. The number of nitrogens with one attached hydrogen (secondary N) is 4. The smallest absolute Gasteiger partial charge is 0.240 e. The van der Waals surface area contributed by atoms with E-state index in [-0.39, 0.29) is 69.2 Å². The Bertz CT molecular complexity index is 3340. The summed E-state index contributed by atoms with van der Waals surface area (Å²) in [5.41, 5.74) is 5.62. The predicted octanol–water partition coefficient (Wildman–Crippen LogP) is 20.2. The van der Waals surface area contributed by atoms with Crippen molar-refractivity contribution < 1.29 is 44.4 Å². The van der Waals surface area contributed by atoms with Crippen LogP contribution in [0.1, 0.15) is 259 Å². The molecule has 4 aromatic carbocycles. The number of halogens is 5. The van der Waals surface area contributed by atoms with Gasteiger partial charge in [0.15, 0.2) is 8.24 Å². The van der Waals surface area contributed by atoms with E-state index in [2.05, 4.69) is 99.5 Å². The SMILES string of the molecule is C1CCOC1.CC(C)[Si](C(C)C)(C(C)C)n1cc(Cl)c2ccc(S(=O)(=O)NC3CCC(C(=O)N[C@H](C)c4ccc(F)cc4)CC3)cc21.CCCCCCCC.CCCCCCCC.C[C@@H](NC(=O)C1CCC(NS(=O)(=O)c2ccc3c(c2)CC=C3Cl)CC1)c1ccc(F)cc1.NF. The highest BCUT2D eigenvalue weighted by Crippen LogP contribution is 2.46. The first-order valence-corrected chi connectivity index (χ1v) is 41.9. The number of carbonyl (C=O) groups is 2. The minimum atomic E-state index is -3.78. The van der Waals surface area contributed by atoms with E-state index in [0.29, 0.717) is 84.5 Å². The molecule has 1 saturated heterocycles.